The van der Waals surface area contributed by atoms with E-state index in [2.05, 4.69) is 4.98 Å². The second-order valence-corrected chi connectivity index (χ2v) is 9.54. The van der Waals surface area contributed by atoms with Crippen molar-refractivity contribution in [2.75, 3.05) is 20.3 Å². The first-order chi connectivity index (χ1) is 16.9. The van der Waals surface area contributed by atoms with Crippen LogP contribution in [-0.4, -0.2) is 46.9 Å². The van der Waals surface area contributed by atoms with Gasteiger partial charge in [0, 0.05) is 20.3 Å². The van der Waals surface area contributed by atoms with Crippen LogP contribution < -0.4 is 4.74 Å². The maximum atomic E-state index is 13.6. The van der Waals surface area contributed by atoms with Crippen LogP contribution in [0.15, 0.2) is 65.9 Å². The van der Waals surface area contributed by atoms with Gasteiger partial charge in [-0.3, -0.25) is 9.59 Å². The summed E-state index contributed by atoms with van der Waals surface area (Å²) in [5.74, 6) is -0.852. The number of rotatable bonds is 10. The van der Waals surface area contributed by atoms with Crippen LogP contribution >= 0.6 is 11.3 Å². The average Bonchev–Trinajstić information content (AvgIpc) is 3.33. The Balaban J connectivity index is 1.69. The highest BCUT2D eigenvalue weighted by atomic mass is 32.1. The second-order valence-electron chi connectivity index (χ2n) is 8.33. The van der Waals surface area contributed by atoms with E-state index in [-0.39, 0.29) is 11.4 Å². The molecule has 1 unspecified atom stereocenters. The van der Waals surface area contributed by atoms with Gasteiger partial charge < -0.3 is 19.5 Å². The van der Waals surface area contributed by atoms with Crippen LogP contribution in [-0.2, 0) is 16.1 Å². The van der Waals surface area contributed by atoms with Gasteiger partial charge in [-0.2, -0.15) is 0 Å². The first kappa shape index (κ1) is 24.6. The van der Waals surface area contributed by atoms with Crippen LogP contribution in [0.5, 0.6) is 5.75 Å². The zero-order valence-electron chi connectivity index (χ0n) is 20.0. The molecular weight excluding hydrogens is 464 g/mol. The molecule has 1 atom stereocenters. The van der Waals surface area contributed by atoms with Crippen LogP contribution in [0.25, 0.3) is 0 Å². The Labute approximate surface area is 208 Å². The number of thiazole rings is 1. The van der Waals surface area contributed by atoms with Gasteiger partial charge in [-0.1, -0.05) is 42.5 Å². The van der Waals surface area contributed by atoms with Crippen molar-refractivity contribution >= 4 is 23.0 Å². The normalized spacial score (nSPS) is 15.7. The number of ether oxygens (including phenoxy) is 2. The molecule has 0 saturated heterocycles. The van der Waals surface area contributed by atoms with Crippen LogP contribution in [0.4, 0.5) is 0 Å². The van der Waals surface area contributed by atoms with E-state index in [4.69, 9.17) is 9.47 Å². The molecule has 1 aliphatic rings. The topological polar surface area (TPSA) is 89.0 Å². The third-order valence-electron chi connectivity index (χ3n) is 5.83. The van der Waals surface area contributed by atoms with Crippen LogP contribution in [0.2, 0.25) is 0 Å². The highest BCUT2D eigenvalue weighted by Gasteiger charge is 2.44. The van der Waals surface area contributed by atoms with Gasteiger partial charge in [0.2, 0.25) is 5.78 Å². The minimum absolute atomic E-state index is 0.0689. The number of nitrogens with zero attached hydrogens (tertiary/aromatic N) is 2. The summed E-state index contributed by atoms with van der Waals surface area (Å²) in [4.78, 5) is 33.0. The molecule has 182 valence electrons. The molecule has 1 amide bonds. The molecule has 2 heterocycles. The SMILES string of the molecule is COCCCN1C(=O)C(O)=C(C(=O)c2sc(C)nc2C)C1c1cccc(OCc2ccccc2)c1. The van der Waals surface area contributed by atoms with E-state index in [1.54, 1.807) is 14.0 Å². The van der Waals surface area contributed by atoms with Gasteiger partial charge in [-0.15, -0.1) is 11.3 Å². The van der Waals surface area contributed by atoms with Gasteiger partial charge in [0.05, 0.1) is 27.2 Å². The van der Waals surface area contributed by atoms with Crippen molar-refractivity contribution in [2.45, 2.75) is 32.9 Å². The number of hydrogen-bond acceptors (Lipinski definition) is 7. The van der Waals surface area contributed by atoms with E-state index in [0.717, 1.165) is 10.6 Å². The van der Waals surface area contributed by atoms with Crippen molar-refractivity contribution in [1.29, 1.82) is 0 Å². The van der Waals surface area contributed by atoms with Crippen molar-refractivity contribution < 1.29 is 24.2 Å². The molecule has 35 heavy (non-hydrogen) atoms. The lowest BCUT2D eigenvalue weighted by molar-refractivity contribution is -0.129. The zero-order chi connectivity index (χ0) is 24.9. The third-order valence-corrected chi connectivity index (χ3v) is 6.90. The third kappa shape index (κ3) is 5.28. The minimum Gasteiger partial charge on any atom is -0.503 e. The Morgan fingerprint density at radius 3 is 2.60 bits per heavy atom. The van der Waals surface area contributed by atoms with Gasteiger partial charge in [-0.05, 0) is 43.5 Å². The lowest BCUT2D eigenvalue weighted by Gasteiger charge is -2.27. The Hall–Kier alpha value is -3.49. The minimum atomic E-state index is -0.742. The Morgan fingerprint density at radius 2 is 1.91 bits per heavy atom. The van der Waals surface area contributed by atoms with Gasteiger partial charge in [0.1, 0.15) is 12.4 Å². The molecular formula is C27H28N2O5S. The number of ketones is 1. The van der Waals surface area contributed by atoms with Crippen LogP contribution in [0, 0.1) is 13.8 Å². The van der Waals surface area contributed by atoms with E-state index in [9.17, 15) is 14.7 Å². The van der Waals surface area contributed by atoms with Crippen molar-refractivity contribution in [2.24, 2.45) is 0 Å². The van der Waals surface area contributed by atoms with Gasteiger partial charge in [-0.25, -0.2) is 4.98 Å². The lowest BCUT2D eigenvalue weighted by Crippen LogP contribution is -2.32. The highest BCUT2D eigenvalue weighted by molar-refractivity contribution is 7.14. The molecule has 0 saturated carbocycles. The van der Waals surface area contributed by atoms with Gasteiger partial charge in [0.15, 0.2) is 5.76 Å². The number of aromatic nitrogens is 1. The van der Waals surface area contributed by atoms with Crippen molar-refractivity contribution in [1.82, 2.24) is 9.88 Å². The van der Waals surface area contributed by atoms with Crippen molar-refractivity contribution in [3.63, 3.8) is 0 Å². The monoisotopic (exact) mass is 492 g/mol. The van der Waals surface area contributed by atoms with E-state index in [1.165, 1.54) is 16.2 Å². The van der Waals surface area contributed by atoms with Gasteiger partial charge >= 0.3 is 0 Å². The number of Topliss-reactive ketones (excluding diaryl/α,β-unsaturated/α-hetero) is 1. The van der Waals surface area contributed by atoms with E-state index >= 15 is 0 Å². The molecule has 1 aromatic heterocycles. The molecule has 0 bridgehead atoms. The number of amides is 1. The fourth-order valence-electron chi connectivity index (χ4n) is 4.22. The average molecular weight is 493 g/mol. The molecule has 4 rings (SSSR count). The maximum Gasteiger partial charge on any atom is 0.290 e. The first-order valence-corrected chi connectivity index (χ1v) is 12.2. The molecule has 0 aliphatic carbocycles. The summed E-state index contributed by atoms with van der Waals surface area (Å²) in [6, 6.07) is 16.4. The summed E-state index contributed by atoms with van der Waals surface area (Å²) in [7, 11) is 1.59. The molecule has 1 N–H and O–H groups in total. The van der Waals surface area contributed by atoms with E-state index < -0.39 is 17.7 Å². The Kier molecular flexibility index (Phi) is 7.63. The predicted octanol–water partition coefficient (Wildman–Crippen LogP) is 4.95. The largest absolute Gasteiger partial charge is 0.503 e. The number of hydrogen-bond donors (Lipinski definition) is 1. The lowest BCUT2D eigenvalue weighted by atomic mass is 9.95. The van der Waals surface area contributed by atoms with Crippen LogP contribution in [0.3, 0.4) is 0 Å². The Bertz CT molecular complexity index is 1250. The summed E-state index contributed by atoms with van der Waals surface area (Å²) in [5, 5.41) is 11.6. The maximum absolute atomic E-state index is 13.6. The Morgan fingerprint density at radius 1 is 1.14 bits per heavy atom. The summed E-state index contributed by atoms with van der Waals surface area (Å²) in [6.45, 7) is 4.75. The number of carbonyl (C=O) groups is 2. The summed E-state index contributed by atoms with van der Waals surface area (Å²) < 4.78 is 11.1. The predicted molar refractivity (Wildman–Crippen MR) is 134 cm³/mol. The quantitative estimate of drug-likeness (QED) is 0.318. The standard InChI is InChI=1S/C27H28N2O5S/c1-17-26(35-18(2)28-17)24(30)22-23(29(13-8-14-33-3)27(32)25(22)31)20-11-7-12-21(15-20)34-16-19-9-5-4-6-10-19/h4-7,9-12,15,23,31H,8,13-14,16H2,1-3H3. The van der Waals surface area contributed by atoms with E-state index in [1.807, 2.05) is 61.5 Å². The van der Waals surface area contributed by atoms with Crippen molar-refractivity contribution in [3.8, 4) is 5.75 Å². The number of benzene rings is 2. The number of aliphatic hydroxyl groups is 1. The first-order valence-electron chi connectivity index (χ1n) is 11.4. The molecule has 0 fully saturated rings. The smallest absolute Gasteiger partial charge is 0.290 e. The molecule has 0 radical (unpaired) electrons. The fraction of sp³-hybridized carbons (Fsp3) is 0.296. The van der Waals surface area contributed by atoms with Crippen LogP contribution in [0.1, 0.15) is 44.0 Å². The highest BCUT2D eigenvalue weighted by Crippen LogP contribution is 2.41. The molecule has 8 heteroatoms. The molecule has 1 aliphatic heterocycles. The summed E-state index contributed by atoms with van der Waals surface area (Å²) in [6.07, 6.45) is 0.566. The number of methoxy groups -OCH3 is 1. The number of carbonyl (C=O) groups excluding carboxylic acids is 2. The summed E-state index contributed by atoms with van der Waals surface area (Å²) in [5.41, 5.74) is 2.37. The second kappa shape index (κ2) is 10.8. The molecule has 2 aromatic carbocycles. The molecule has 7 nitrogen and oxygen atoms in total. The van der Waals surface area contributed by atoms with E-state index in [0.29, 0.717) is 48.1 Å². The number of aryl methyl sites for hydroxylation is 2. The zero-order valence-corrected chi connectivity index (χ0v) is 20.8. The van der Waals surface area contributed by atoms with Crippen molar-refractivity contribution in [3.05, 3.63) is 92.6 Å². The molecule has 3 aromatic rings. The summed E-state index contributed by atoms with van der Waals surface area (Å²) >= 11 is 1.26. The van der Waals surface area contributed by atoms with Gasteiger partial charge in [0.25, 0.3) is 5.91 Å². The fourth-order valence-corrected chi connectivity index (χ4v) is 5.10. The number of aliphatic hydroxyl groups excluding tert-OH is 1. The molecule has 0 spiro atoms.